The molecule has 0 aromatic rings. The van der Waals surface area contributed by atoms with Crippen molar-refractivity contribution < 1.29 is 43.0 Å². The topological polar surface area (TPSA) is 132 Å². The fourth-order valence-electron chi connectivity index (χ4n) is 6.87. The summed E-state index contributed by atoms with van der Waals surface area (Å²) in [6.07, 6.45) is 57.6. The van der Waals surface area contributed by atoms with Crippen LogP contribution in [0.5, 0.6) is 0 Å². The van der Waals surface area contributed by atoms with Crippen LogP contribution in [0.15, 0.2) is 60.8 Å². The predicted octanol–water partition coefficient (Wildman–Crippen LogP) is 14.7. The van der Waals surface area contributed by atoms with Gasteiger partial charge in [0.05, 0.1) is 26.4 Å². The Morgan fingerprint density at radius 3 is 1.40 bits per heavy atom. The van der Waals surface area contributed by atoms with E-state index in [9.17, 15) is 19.4 Å². The molecule has 0 spiro atoms. The largest absolute Gasteiger partial charge is 0.472 e. The third-order valence-corrected chi connectivity index (χ3v) is 11.6. The van der Waals surface area contributed by atoms with Crippen LogP contribution in [0.2, 0.25) is 0 Å². The molecule has 0 heterocycles. The first kappa shape index (κ1) is 60.2. The molecule has 0 saturated carbocycles. The minimum Gasteiger partial charge on any atom is -0.457 e. The van der Waals surface area contributed by atoms with E-state index < -0.39 is 39.2 Å². The average Bonchev–Trinajstić information content (AvgIpc) is 3.26. The number of ether oxygens (including phenoxy) is 2. The van der Waals surface area contributed by atoms with E-state index in [1.807, 2.05) is 0 Å². The van der Waals surface area contributed by atoms with Gasteiger partial charge in [0, 0.05) is 13.0 Å². The number of phosphoric ester groups is 1. The van der Waals surface area contributed by atoms with E-state index in [0.29, 0.717) is 13.0 Å². The lowest BCUT2D eigenvalue weighted by Crippen LogP contribution is -2.29. The molecule has 3 unspecified atom stereocenters. The lowest BCUT2D eigenvalue weighted by Gasteiger charge is -2.20. The summed E-state index contributed by atoms with van der Waals surface area (Å²) in [5, 5.41) is 18.4. The smallest absolute Gasteiger partial charge is 0.457 e. The number of carbonyl (C=O) groups excluding carboxylic acids is 1. The highest BCUT2D eigenvalue weighted by Gasteiger charge is 2.26. The van der Waals surface area contributed by atoms with Crippen LogP contribution in [0.4, 0.5) is 0 Å². The summed E-state index contributed by atoms with van der Waals surface area (Å²) in [5.74, 6) is -0.396. The standard InChI is InChI=1S/C52H95O9P/c1-3-5-7-9-11-13-15-17-19-21-23-24-25-27-29-31-33-35-37-39-41-43-45-58-48-51(49-60-62(56,57)59-47-50(54)46-53)61-52(55)44-42-40-38-36-34-32-30-28-26-22-20-18-16-14-12-10-8-6-4-2/h6,8,12,14,18,20-21,23,26,28,50-51,53-54H,3-5,7,9-11,13,15-17,19,22,24-25,27,29-49H2,1-2H3,(H,56,57)/b8-6-,14-12-,20-18-,23-21-,28-26-. The molecule has 0 aliphatic carbocycles. The van der Waals surface area contributed by atoms with Crippen LogP contribution in [-0.2, 0) is 27.9 Å². The quantitative estimate of drug-likeness (QED) is 0.0236. The van der Waals surface area contributed by atoms with Crippen molar-refractivity contribution in [3.05, 3.63) is 60.8 Å². The van der Waals surface area contributed by atoms with E-state index in [4.69, 9.17) is 23.6 Å². The van der Waals surface area contributed by atoms with Gasteiger partial charge in [-0.3, -0.25) is 13.8 Å². The molecule has 9 nitrogen and oxygen atoms in total. The number of aliphatic hydroxyl groups excluding tert-OH is 2. The Bertz CT molecular complexity index is 1150. The number of unbranched alkanes of at least 4 members (excludes halogenated alkanes) is 24. The van der Waals surface area contributed by atoms with Crippen LogP contribution in [0.1, 0.15) is 219 Å². The zero-order chi connectivity index (χ0) is 45.3. The van der Waals surface area contributed by atoms with Crippen LogP contribution in [0.25, 0.3) is 0 Å². The molecule has 3 N–H and O–H groups in total. The summed E-state index contributed by atoms with van der Waals surface area (Å²) in [5.41, 5.74) is 0. The molecule has 0 fully saturated rings. The van der Waals surface area contributed by atoms with Gasteiger partial charge >= 0.3 is 13.8 Å². The van der Waals surface area contributed by atoms with E-state index in [0.717, 1.165) is 83.5 Å². The predicted molar refractivity (Wildman–Crippen MR) is 260 cm³/mol. The molecule has 362 valence electrons. The zero-order valence-electron chi connectivity index (χ0n) is 39.8. The number of phosphoric acid groups is 1. The fraction of sp³-hybridized carbons (Fsp3) is 0.788. The molecular formula is C52H95O9P. The number of allylic oxidation sites excluding steroid dienone is 10. The van der Waals surface area contributed by atoms with Crippen LogP contribution in [0.3, 0.4) is 0 Å². The van der Waals surface area contributed by atoms with Gasteiger partial charge in [-0.15, -0.1) is 0 Å². The van der Waals surface area contributed by atoms with Crippen molar-refractivity contribution in [2.45, 2.75) is 232 Å². The molecular weight excluding hydrogens is 800 g/mol. The van der Waals surface area contributed by atoms with Gasteiger partial charge in [-0.2, -0.15) is 0 Å². The molecule has 62 heavy (non-hydrogen) atoms. The van der Waals surface area contributed by atoms with E-state index >= 15 is 0 Å². The summed E-state index contributed by atoms with van der Waals surface area (Å²) in [7, 11) is -4.53. The SMILES string of the molecule is CC/C=C\C/C=C\C/C=C\C/C=C\CCCCCCCCC(=O)OC(COCCCCCCCCCCCC/C=C\CCCCCCCCCC)COP(=O)(O)OCC(O)CO. The molecule has 0 bridgehead atoms. The summed E-state index contributed by atoms with van der Waals surface area (Å²) < 4.78 is 33.5. The van der Waals surface area contributed by atoms with Gasteiger partial charge < -0.3 is 24.6 Å². The molecule has 0 radical (unpaired) electrons. The Labute approximate surface area is 380 Å². The normalized spacial score (nSPS) is 14.3. The van der Waals surface area contributed by atoms with E-state index in [1.54, 1.807) is 0 Å². The fourth-order valence-corrected chi connectivity index (χ4v) is 7.66. The van der Waals surface area contributed by atoms with Crippen molar-refractivity contribution in [1.82, 2.24) is 0 Å². The number of hydrogen-bond donors (Lipinski definition) is 3. The van der Waals surface area contributed by atoms with Crippen molar-refractivity contribution in [1.29, 1.82) is 0 Å². The Morgan fingerprint density at radius 2 is 0.919 bits per heavy atom. The third-order valence-electron chi connectivity index (χ3n) is 10.7. The second kappa shape index (κ2) is 48.6. The Hall–Kier alpha value is -1.84. The van der Waals surface area contributed by atoms with Crippen LogP contribution in [0, 0.1) is 0 Å². The van der Waals surface area contributed by atoms with E-state index in [1.165, 1.54) is 109 Å². The Morgan fingerprint density at radius 1 is 0.516 bits per heavy atom. The molecule has 0 amide bonds. The van der Waals surface area contributed by atoms with Gasteiger partial charge in [-0.25, -0.2) is 4.57 Å². The summed E-state index contributed by atoms with van der Waals surface area (Å²) >= 11 is 0. The second-order valence-corrected chi connectivity index (χ2v) is 18.3. The maximum absolute atomic E-state index is 12.7. The van der Waals surface area contributed by atoms with Crippen molar-refractivity contribution >= 4 is 13.8 Å². The maximum Gasteiger partial charge on any atom is 0.472 e. The van der Waals surface area contributed by atoms with Crippen molar-refractivity contribution in [3.8, 4) is 0 Å². The summed E-state index contributed by atoms with van der Waals surface area (Å²) in [6, 6.07) is 0. The van der Waals surface area contributed by atoms with Crippen molar-refractivity contribution in [2.24, 2.45) is 0 Å². The van der Waals surface area contributed by atoms with Crippen molar-refractivity contribution in [2.75, 3.05) is 33.0 Å². The highest BCUT2D eigenvalue weighted by Crippen LogP contribution is 2.43. The Kier molecular flexibility index (Phi) is 47.2. The van der Waals surface area contributed by atoms with E-state index in [2.05, 4.69) is 74.6 Å². The van der Waals surface area contributed by atoms with Gasteiger partial charge in [-0.05, 0) is 77.0 Å². The third kappa shape index (κ3) is 47.6. The minimum atomic E-state index is -4.53. The van der Waals surface area contributed by atoms with Gasteiger partial charge in [0.1, 0.15) is 12.2 Å². The molecule has 0 rings (SSSR count). The summed E-state index contributed by atoms with van der Waals surface area (Å²) in [4.78, 5) is 22.7. The minimum absolute atomic E-state index is 0.0410. The monoisotopic (exact) mass is 895 g/mol. The highest BCUT2D eigenvalue weighted by molar-refractivity contribution is 7.47. The molecule has 0 aliphatic rings. The lowest BCUT2D eigenvalue weighted by atomic mass is 10.1. The van der Waals surface area contributed by atoms with Gasteiger partial charge in [0.2, 0.25) is 0 Å². The van der Waals surface area contributed by atoms with E-state index in [-0.39, 0.29) is 19.6 Å². The van der Waals surface area contributed by atoms with Gasteiger partial charge in [0.15, 0.2) is 0 Å². The molecule has 0 aliphatic heterocycles. The second-order valence-electron chi connectivity index (χ2n) is 16.8. The molecule has 3 atom stereocenters. The number of hydrogen-bond acceptors (Lipinski definition) is 8. The maximum atomic E-state index is 12.7. The molecule has 10 heteroatoms. The van der Waals surface area contributed by atoms with Crippen LogP contribution < -0.4 is 0 Å². The number of esters is 1. The molecule has 0 aromatic carbocycles. The van der Waals surface area contributed by atoms with Crippen molar-refractivity contribution in [3.63, 3.8) is 0 Å². The number of carbonyl (C=O) groups is 1. The zero-order valence-corrected chi connectivity index (χ0v) is 40.7. The first-order valence-electron chi connectivity index (χ1n) is 25.3. The lowest BCUT2D eigenvalue weighted by molar-refractivity contribution is -0.154. The van der Waals surface area contributed by atoms with Crippen LogP contribution in [-0.4, -0.2) is 66.3 Å². The number of aliphatic hydroxyl groups is 2. The highest BCUT2D eigenvalue weighted by atomic mass is 31.2. The van der Waals surface area contributed by atoms with Crippen LogP contribution >= 0.6 is 7.82 Å². The van der Waals surface area contributed by atoms with Gasteiger partial charge in [-0.1, -0.05) is 197 Å². The molecule has 0 aromatic heterocycles. The molecule has 0 saturated heterocycles. The Balaban J connectivity index is 4.10. The summed E-state index contributed by atoms with van der Waals surface area (Å²) in [6.45, 7) is 3.40. The average molecular weight is 895 g/mol. The first-order valence-corrected chi connectivity index (χ1v) is 26.8. The first-order chi connectivity index (χ1) is 30.3. The number of rotatable bonds is 48. The van der Waals surface area contributed by atoms with Gasteiger partial charge in [0.25, 0.3) is 0 Å².